The van der Waals surface area contributed by atoms with Crippen LogP contribution in [0.25, 0.3) is 0 Å². The molecule has 1 fully saturated rings. The molecule has 1 aliphatic carbocycles. The van der Waals surface area contributed by atoms with Gasteiger partial charge in [0.15, 0.2) is 0 Å². The molecule has 0 unspecified atom stereocenters. The topological polar surface area (TPSA) is 29.1 Å². The van der Waals surface area contributed by atoms with Gasteiger partial charge in [0.05, 0.1) is 5.56 Å². The Balaban J connectivity index is 1.91. The van der Waals surface area contributed by atoms with Crippen molar-refractivity contribution < 1.29 is 4.79 Å². The molecule has 1 saturated carbocycles. The summed E-state index contributed by atoms with van der Waals surface area (Å²) in [4.78, 5) is 12.9. The zero-order valence-electron chi connectivity index (χ0n) is 10.6. The van der Waals surface area contributed by atoms with Crippen LogP contribution in [0.3, 0.4) is 0 Å². The van der Waals surface area contributed by atoms with Crippen LogP contribution in [0.15, 0.2) is 29.2 Å². The second kappa shape index (κ2) is 6.53. The smallest absolute Gasteiger partial charge is 0.252 e. The van der Waals surface area contributed by atoms with E-state index in [0.29, 0.717) is 11.6 Å². The van der Waals surface area contributed by atoms with Crippen molar-refractivity contribution in [3.8, 4) is 0 Å². The molecule has 4 heteroatoms. The van der Waals surface area contributed by atoms with E-state index in [2.05, 4.69) is 24.2 Å². The van der Waals surface area contributed by atoms with Gasteiger partial charge in [0.2, 0.25) is 0 Å². The molecule has 0 aromatic heterocycles. The number of rotatable bonds is 3. The molecule has 1 aromatic rings. The molecule has 0 radical (unpaired) electrons. The van der Waals surface area contributed by atoms with Crippen LogP contribution in [0.1, 0.15) is 36.0 Å². The van der Waals surface area contributed by atoms with Crippen molar-refractivity contribution in [3.05, 3.63) is 29.8 Å². The number of nitrogens with one attached hydrogen (secondary N) is 1. The maximum Gasteiger partial charge on any atom is 0.252 e. The monoisotopic (exact) mass is 281 g/mol. The van der Waals surface area contributed by atoms with Gasteiger partial charge in [-0.2, -0.15) is 11.8 Å². The summed E-state index contributed by atoms with van der Waals surface area (Å²) in [5.41, 5.74) is 0.674. The molecule has 1 aromatic carbocycles. The van der Waals surface area contributed by atoms with E-state index in [9.17, 15) is 4.79 Å². The highest BCUT2D eigenvalue weighted by molar-refractivity contribution is 7.99. The van der Waals surface area contributed by atoms with Crippen LogP contribution in [0.5, 0.6) is 0 Å². The second-order valence-corrected chi connectivity index (χ2v) is 6.32. The fourth-order valence-corrected chi connectivity index (χ4v) is 3.38. The Kier molecular flexibility index (Phi) is 5.01. The minimum atomic E-state index is 0.00759. The van der Waals surface area contributed by atoms with E-state index < -0.39 is 0 Å². The minimum absolute atomic E-state index is 0.00759. The van der Waals surface area contributed by atoms with Crippen molar-refractivity contribution in [3.63, 3.8) is 0 Å². The van der Waals surface area contributed by atoms with E-state index in [4.69, 9.17) is 0 Å². The quantitative estimate of drug-likeness (QED) is 0.832. The summed E-state index contributed by atoms with van der Waals surface area (Å²) in [7, 11) is 0. The molecule has 0 bridgehead atoms. The van der Waals surface area contributed by atoms with Crippen molar-refractivity contribution >= 4 is 30.3 Å². The van der Waals surface area contributed by atoms with Crippen molar-refractivity contribution in [2.45, 2.75) is 41.9 Å². The van der Waals surface area contributed by atoms with Gasteiger partial charge in [-0.3, -0.25) is 4.79 Å². The average molecular weight is 281 g/mol. The van der Waals surface area contributed by atoms with Crippen LogP contribution in [0.4, 0.5) is 0 Å². The predicted octanol–water partition coefficient (Wildman–Crippen LogP) is 3.38. The van der Waals surface area contributed by atoms with Gasteiger partial charge in [0, 0.05) is 16.2 Å². The molecule has 1 amide bonds. The zero-order valence-corrected chi connectivity index (χ0v) is 12.3. The lowest BCUT2D eigenvalue weighted by atomic mass is 9.94. The van der Waals surface area contributed by atoms with Gasteiger partial charge in [0.25, 0.3) is 5.91 Å². The van der Waals surface area contributed by atoms with Crippen molar-refractivity contribution in [2.75, 3.05) is 6.26 Å². The summed E-state index contributed by atoms with van der Waals surface area (Å²) in [6.07, 6.45) is 6.75. The van der Waals surface area contributed by atoms with Crippen molar-refractivity contribution in [1.82, 2.24) is 5.32 Å². The van der Waals surface area contributed by atoms with Crippen molar-refractivity contribution in [2.24, 2.45) is 0 Å². The molecule has 0 aliphatic heterocycles. The summed E-state index contributed by atoms with van der Waals surface area (Å²) in [6.45, 7) is 0. The molecule has 0 spiro atoms. The molecule has 2 rings (SSSR count). The lowest BCUT2D eigenvalue weighted by molar-refractivity contribution is 0.0925. The molecule has 0 saturated heterocycles. The van der Waals surface area contributed by atoms with Crippen LogP contribution < -0.4 is 5.32 Å². The Morgan fingerprint density at radius 1 is 1.28 bits per heavy atom. The van der Waals surface area contributed by atoms with E-state index in [-0.39, 0.29) is 5.91 Å². The maximum atomic E-state index is 12.1. The van der Waals surface area contributed by atoms with Crippen LogP contribution in [-0.4, -0.2) is 23.5 Å². The maximum absolute atomic E-state index is 12.1. The Morgan fingerprint density at radius 3 is 2.56 bits per heavy atom. The standard InChI is InChI=1S/C14H19NOS2/c1-18-11-8-6-10(7-9-11)15-14(16)12-4-2-3-5-13(12)17/h2-5,10-11,17H,6-9H2,1H3,(H,15,16). The number of carbonyl (C=O) groups excluding carboxylic acids is 1. The number of thioether (sulfide) groups is 1. The first-order valence-electron chi connectivity index (χ1n) is 6.32. The average Bonchev–Trinajstić information content (AvgIpc) is 2.40. The van der Waals surface area contributed by atoms with Gasteiger partial charge in [-0.1, -0.05) is 12.1 Å². The number of carbonyl (C=O) groups is 1. The molecule has 18 heavy (non-hydrogen) atoms. The van der Waals surface area contributed by atoms with Crippen LogP contribution >= 0.6 is 24.4 Å². The van der Waals surface area contributed by atoms with Crippen LogP contribution in [0, 0.1) is 0 Å². The van der Waals surface area contributed by atoms with Gasteiger partial charge < -0.3 is 5.32 Å². The number of benzene rings is 1. The third-order valence-corrected chi connectivity index (χ3v) is 5.02. The summed E-state index contributed by atoms with van der Waals surface area (Å²) in [5.74, 6) is 0.00759. The van der Waals surface area contributed by atoms with Gasteiger partial charge in [-0.15, -0.1) is 12.6 Å². The van der Waals surface area contributed by atoms with Crippen molar-refractivity contribution in [1.29, 1.82) is 0 Å². The van der Waals surface area contributed by atoms with E-state index in [1.54, 1.807) is 0 Å². The third kappa shape index (κ3) is 3.45. The van der Waals surface area contributed by atoms with Gasteiger partial charge in [0.1, 0.15) is 0 Å². The van der Waals surface area contributed by atoms with Crippen LogP contribution in [0.2, 0.25) is 0 Å². The number of amides is 1. The number of hydrogen-bond donors (Lipinski definition) is 2. The third-order valence-electron chi connectivity index (χ3n) is 3.49. The normalized spacial score (nSPS) is 23.7. The first-order chi connectivity index (χ1) is 8.70. The summed E-state index contributed by atoms with van der Waals surface area (Å²) < 4.78 is 0. The lowest BCUT2D eigenvalue weighted by Gasteiger charge is -2.28. The largest absolute Gasteiger partial charge is 0.349 e. The highest BCUT2D eigenvalue weighted by atomic mass is 32.2. The number of thiol groups is 1. The highest BCUT2D eigenvalue weighted by Gasteiger charge is 2.22. The van der Waals surface area contributed by atoms with E-state index >= 15 is 0 Å². The SMILES string of the molecule is CSC1CCC(NC(=O)c2ccccc2S)CC1. The summed E-state index contributed by atoms with van der Waals surface area (Å²) >= 11 is 6.26. The molecule has 0 atom stereocenters. The summed E-state index contributed by atoms with van der Waals surface area (Å²) in [5, 5.41) is 3.90. The highest BCUT2D eigenvalue weighted by Crippen LogP contribution is 2.27. The zero-order chi connectivity index (χ0) is 13.0. The Morgan fingerprint density at radius 2 is 1.94 bits per heavy atom. The molecule has 2 nitrogen and oxygen atoms in total. The fraction of sp³-hybridized carbons (Fsp3) is 0.500. The van der Waals surface area contributed by atoms with Gasteiger partial charge >= 0.3 is 0 Å². The van der Waals surface area contributed by atoms with Gasteiger partial charge in [-0.25, -0.2) is 0 Å². The lowest BCUT2D eigenvalue weighted by Crippen LogP contribution is -2.38. The second-order valence-electron chi connectivity index (χ2n) is 4.70. The number of hydrogen-bond acceptors (Lipinski definition) is 3. The summed E-state index contributed by atoms with van der Waals surface area (Å²) in [6, 6.07) is 7.77. The molecule has 0 heterocycles. The first kappa shape index (κ1) is 13.8. The van der Waals surface area contributed by atoms with E-state index in [1.807, 2.05) is 36.0 Å². The van der Waals surface area contributed by atoms with Gasteiger partial charge in [-0.05, 0) is 44.1 Å². The molecule has 1 N–H and O–H groups in total. The van der Waals surface area contributed by atoms with E-state index in [0.717, 1.165) is 23.0 Å². The molecular formula is C14H19NOS2. The van der Waals surface area contributed by atoms with E-state index in [1.165, 1.54) is 12.8 Å². The Hall–Kier alpha value is -0.610. The molecular weight excluding hydrogens is 262 g/mol. The Bertz CT molecular complexity index is 414. The first-order valence-corrected chi connectivity index (χ1v) is 8.06. The fourth-order valence-electron chi connectivity index (χ4n) is 2.37. The molecule has 1 aliphatic rings. The molecule has 98 valence electrons. The van der Waals surface area contributed by atoms with Crippen LogP contribution in [-0.2, 0) is 0 Å². The Labute approximate surface area is 118 Å². The minimum Gasteiger partial charge on any atom is -0.349 e. The predicted molar refractivity (Wildman–Crippen MR) is 80.7 cm³/mol.